The summed E-state index contributed by atoms with van der Waals surface area (Å²) in [6.45, 7) is 5.21. The molecule has 0 saturated carbocycles. The number of para-hydroxylation sites is 1. The van der Waals surface area contributed by atoms with Gasteiger partial charge in [-0.2, -0.15) is 0 Å². The standard InChI is InChI=1S/C19H27N3O2/c23-18-15-21(11-12-22(18)16-4-2-1-3-5-16)17-6-13-24-19(14-17)7-9-20-10-8-19/h1-5,17,20H,6-15H2. The molecule has 3 fully saturated rings. The first-order valence-electron chi connectivity index (χ1n) is 9.20. The van der Waals surface area contributed by atoms with Crippen LogP contribution < -0.4 is 10.2 Å². The Hall–Kier alpha value is -1.43. The van der Waals surface area contributed by atoms with Crippen LogP contribution in [0.25, 0.3) is 0 Å². The zero-order chi connectivity index (χ0) is 16.4. The van der Waals surface area contributed by atoms with Gasteiger partial charge < -0.3 is 15.0 Å². The van der Waals surface area contributed by atoms with Gasteiger partial charge in [0.2, 0.25) is 5.91 Å². The van der Waals surface area contributed by atoms with E-state index in [1.165, 1.54) is 0 Å². The summed E-state index contributed by atoms with van der Waals surface area (Å²) in [5.41, 5.74) is 1.07. The van der Waals surface area contributed by atoms with E-state index >= 15 is 0 Å². The van der Waals surface area contributed by atoms with Crippen LogP contribution >= 0.6 is 0 Å². The average molecular weight is 329 g/mol. The number of hydrogen-bond acceptors (Lipinski definition) is 4. The number of carbonyl (C=O) groups excluding carboxylic acids is 1. The number of carbonyl (C=O) groups is 1. The number of nitrogens with one attached hydrogen (secondary N) is 1. The maximum Gasteiger partial charge on any atom is 0.241 e. The molecule has 5 nitrogen and oxygen atoms in total. The molecule has 3 heterocycles. The number of piperazine rings is 1. The largest absolute Gasteiger partial charge is 0.375 e. The monoisotopic (exact) mass is 329 g/mol. The third-order valence-electron chi connectivity index (χ3n) is 5.82. The molecule has 3 aliphatic heterocycles. The van der Waals surface area contributed by atoms with E-state index in [1.54, 1.807) is 0 Å². The smallest absolute Gasteiger partial charge is 0.241 e. The highest BCUT2D eigenvalue weighted by molar-refractivity contribution is 5.95. The minimum Gasteiger partial charge on any atom is -0.375 e. The number of hydrogen-bond donors (Lipinski definition) is 1. The van der Waals surface area contributed by atoms with Gasteiger partial charge in [-0.3, -0.25) is 9.69 Å². The lowest BCUT2D eigenvalue weighted by molar-refractivity contribution is -0.133. The van der Waals surface area contributed by atoms with E-state index in [1.807, 2.05) is 35.2 Å². The fourth-order valence-electron chi connectivity index (χ4n) is 4.43. The molecule has 1 atom stereocenters. The Bertz CT molecular complexity index is 566. The first kappa shape index (κ1) is 16.1. The molecular weight excluding hydrogens is 302 g/mol. The van der Waals surface area contributed by atoms with Gasteiger partial charge in [0.1, 0.15) is 0 Å². The molecule has 1 amide bonds. The SMILES string of the molecule is O=C1CN(C2CCOC3(CCNCC3)C2)CCN1c1ccccc1. The second-order valence-electron chi connectivity index (χ2n) is 7.28. The third-order valence-corrected chi connectivity index (χ3v) is 5.82. The van der Waals surface area contributed by atoms with Gasteiger partial charge in [0, 0.05) is 31.4 Å². The summed E-state index contributed by atoms with van der Waals surface area (Å²) in [5.74, 6) is 0.221. The average Bonchev–Trinajstić information content (AvgIpc) is 2.63. The van der Waals surface area contributed by atoms with E-state index < -0.39 is 0 Å². The van der Waals surface area contributed by atoms with Gasteiger partial charge in [-0.25, -0.2) is 0 Å². The Morgan fingerprint density at radius 3 is 2.67 bits per heavy atom. The number of anilines is 1. The topological polar surface area (TPSA) is 44.8 Å². The predicted octanol–water partition coefficient (Wildman–Crippen LogP) is 1.64. The van der Waals surface area contributed by atoms with Crippen LogP contribution in [-0.4, -0.2) is 61.8 Å². The maximum atomic E-state index is 12.7. The summed E-state index contributed by atoms with van der Waals surface area (Å²) in [4.78, 5) is 17.0. The second kappa shape index (κ2) is 6.82. The molecule has 4 rings (SSSR count). The number of rotatable bonds is 2. The molecule has 24 heavy (non-hydrogen) atoms. The van der Waals surface area contributed by atoms with Crippen LogP contribution in [0, 0.1) is 0 Å². The fourth-order valence-corrected chi connectivity index (χ4v) is 4.43. The van der Waals surface area contributed by atoms with Crippen LogP contribution in [0.3, 0.4) is 0 Å². The Kier molecular flexibility index (Phi) is 4.57. The molecule has 0 aromatic heterocycles. The lowest BCUT2D eigenvalue weighted by Crippen LogP contribution is -2.58. The molecule has 3 saturated heterocycles. The van der Waals surface area contributed by atoms with Crippen LogP contribution in [-0.2, 0) is 9.53 Å². The molecule has 0 radical (unpaired) electrons. The van der Waals surface area contributed by atoms with Crippen LogP contribution in [0.15, 0.2) is 30.3 Å². The molecule has 1 aromatic rings. The Balaban J connectivity index is 1.40. The van der Waals surface area contributed by atoms with Gasteiger partial charge >= 0.3 is 0 Å². The molecular formula is C19H27N3O2. The molecule has 1 N–H and O–H groups in total. The minimum absolute atomic E-state index is 0.0494. The van der Waals surface area contributed by atoms with Crippen LogP contribution in [0.4, 0.5) is 5.69 Å². The van der Waals surface area contributed by atoms with Crippen LogP contribution in [0.2, 0.25) is 0 Å². The van der Waals surface area contributed by atoms with Gasteiger partial charge in [-0.05, 0) is 50.9 Å². The molecule has 1 unspecified atom stereocenters. The van der Waals surface area contributed by atoms with E-state index in [2.05, 4.69) is 10.2 Å². The molecule has 5 heteroatoms. The van der Waals surface area contributed by atoms with Crippen molar-refractivity contribution in [2.45, 2.75) is 37.3 Å². The molecule has 0 bridgehead atoms. The Morgan fingerprint density at radius 2 is 1.92 bits per heavy atom. The minimum atomic E-state index is 0.0494. The van der Waals surface area contributed by atoms with Gasteiger partial charge in [0.15, 0.2) is 0 Å². The van der Waals surface area contributed by atoms with Crippen molar-refractivity contribution in [3.63, 3.8) is 0 Å². The number of piperidine rings is 1. The number of nitrogens with zero attached hydrogens (tertiary/aromatic N) is 2. The first-order chi connectivity index (χ1) is 11.8. The number of amides is 1. The number of ether oxygens (including phenoxy) is 1. The number of benzene rings is 1. The van der Waals surface area contributed by atoms with Crippen molar-refractivity contribution >= 4 is 11.6 Å². The highest BCUT2D eigenvalue weighted by Crippen LogP contribution is 2.35. The van der Waals surface area contributed by atoms with Crippen molar-refractivity contribution in [3.8, 4) is 0 Å². The molecule has 1 aromatic carbocycles. The molecule has 1 spiro atoms. The second-order valence-corrected chi connectivity index (χ2v) is 7.28. The van der Waals surface area contributed by atoms with Crippen molar-refractivity contribution < 1.29 is 9.53 Å². The lowest BCUT2D eigenvalue weighted by atomic mass is 9.82. The van der Waals surface area contributed by atoms with Crippen LogP contribution in [0.1, 0.15) is 25.7 Å². The summed E-state index contributed by atoms with van der Waals surface area (Å²) in [5, 5.41) is 3.43. The fraction of sp³-hybridized carbons (Fsp3) is 0.632. The Morgan fingerprint density at radius 1 is 1.12 bits per heavy atom. The van der Waals surface area contributed by atoms with Crippen molar-refractivity contribution in [2.75, 3.05) is 44.2 Å². The quantitative estimate of drug-likeness (QED) is 0.896. The zero-order valence-corrected chi connectivity index (χ0v) is 14.2. The van der Waals surface area contributed by atoms with Gasteiger partial charge in [0.05, 0.1) is 12.1 Å². The summed E-state index contributed by atoms with van der Waals surface area (Å²) < 4.78 is 6.18. The van der Waals surface area contributed by atoms with Gasteiger partial charge in [-0.15, -0.1) is 0 Å². The van der Waals surface area contributed by atoms with E-state index in [4.69, 9.17) is 4.74 Å². The normalized spacial score (nSPS) is 28.2. The Labute approximate surface area is 144 Å². The zero-order valence-electron chi connectivity index (χ0n) is 14.2. The van der Waals surface area contributed by atoms with Crippen molar-refractivity contribution in [3.05, 3.63) is 30.3 Å². The first-order valence-corrected chi connectivity index (χ1v) is 9.20. The van der Waals surface area contributed by atoms with E-state index in [0.717, 1.165) is 64.2 Å². The van der Waals surface area contributed by atoms with E-state index in [-0.39, 0.29) is 11.5 Å². The molecule has 3 aliphatic rings. The van der Waals surface area contributed by atoms with Crippen molar-refractivity contribution in [2.24, 2.45) is 0 Å². The third kappa shape index (κ3) is 3.21. The lowest BCUT2D eigenvalue weighted by Gasteiger charge is -2.48. The van der Waals surface area contributed by atoms with Crippen LogP contribution in [0.5, 0.6) is 0 Å². The van der Waals surface area contributed by atoms with Gasteiger partial charge in [0.25, 0.3) is 0 Å². The summed E-state index contributed by atoms with van der Waals surface area (Å²) >= 11 is 0. The maximum absolute atomic E-state index is 12.7. The highest BCUT2D eigenvalue weighted by atomic mass is 16.5. The van der Waals surface area contributed by atoms with E-state index in [0.29, 0.717) is 12.6 Å². The van der Waals surface area contributed by atoms with Gasteiger partial charge in [-0.1, -0.05) is 18.2 Å². The summed E-state index contributed by atoms with van der Waals surface area (Å²) in [6, 6.07) is 10.5. The molecule has 130 valence electrons. The molecule has 0 aliphatic carbocycles. The van der Waals surface area contributed by atoms with E-state index in [9.17, 15) is 4.79 Å². The summed E-state index contributed by atoms with van der Waals surface area (Å²) in [7, 11) is 0. The highest BCUT2D eigenvalue weighted by Gasteiger charge is 2.41. The van der Waals surface area contributed by atoms with Crippen molar-refractivity contribution in [1.82, 2.24) is 10.2 Å². The van der Waals surface area contributed by atoms with Crippen molar-refractivity contribution in [1.29, 1.82) is 0 Å². The summed E-state index contributed by atoms with van der Waals surface area (Å²) in [6.07, 6.45) is 4.32. The predicted molar refractivity (Wildman–Crippen MR) is 94.2 cm³/mol.